The molecule has 0 saturated heterocycles. The Kier molecular flexibility index (Phi) is 11.3. The molecule has 5 rings (SSSR count). The van der Waals surface area contributed by atoms with Crippen LogP contribution in [-0.4, -0.2) is 51.0 Å². The average molecular weight is 801 g/mol. The van der Waals surface area contributed by atoms with Gasteiger partial charge in [0, 0.05) is 5.56 Å². The van der Waals surface area contributed by atoms with Crippen LogP contribution in [0.3, 0.4) is 0 Å². The van der Waals surface area contributed by atoms with E-state index in [1.165, 1.54) is 44.8 Å². The number of methoxy groups -OCH3 is 2. The fourth-order valence-corrected chi connectivity index (χ4v) is 8.79. The summed E-state index contributed by atoms with van der Waals surface area (Å²) in [4.78, 5) is 16.3. The van der Waals surface area contributed by atoms with E-state index in [4.69, 9.17) is 44.3 Å². The fourth-order valence-electron chi connectivity index (χ4n) is 3.15. The first-order chi connectivity index (χ1) is 20.8. The zero-order valence-electron chi connectivity index (χ0n) is 22.2. The quantitative estimate of drug-likeness (QED) is 0.158. The molecule has 0 unspecified atom stereocenters. The third kappa shape index (κ3) is 8.48. The summed E-state index contributed by atoms with van der Waals surface area (Å²) >= 11 is 22.2. The highest BCUT2D eigenvalue weighted by atomic mass is 79.9. The zero-order chi connectivity index (χ0) is 32.1. The highest BCUT2D eigenvalue weighted by Crippen LogP contribution is 2.36. The number of nitrogens with one attached hydrogen (secondary N) is 2. The Morgan fingerprint density at radius 2 is 1.36 bits per heavy atom. The van der Waals surface area contributed by atoms with Gasteiger partial charge in [0.25, 0.3) is 31.8 Å². The van der Waals surface area contributed by atoms with Crippen LogP contribution in [0.15, 0.2) is 73.9 Å². The molecule has 0 spiro atoms. The molecule has 12 nitrogen and oxygen atoms in total. The first-order valence-corrected chi connectivity index (χ1v) is 18.1. The highest BCUT2D eigenvalue weighted by molar-refractivity contribution is 9.10. The standard InChI is InChI=1S/C15H12ClN3O3S2.C9H6BrCl2N3O3S2/c1-22-15-14(19-24(20,21)13-8-7-12(16)23-13)17-9-11(18-15)10-5-3-2-4-6-10;1-18-9-8(13-3-5(10)14-9)15-20(16,17)6-2-4(11)7(12)19-6/h2-9H,1H3,(H,17,19);2-3H,1H3,(H,13,15). The molecule has 0 bridgehead atoms. The maximum Gasteiger partial charge on any atom is 0.272 e. The minimum atomic E-state index is -3.86. The van der Waals surface area contributed by atoms with Crippen LogP contribution in [0.1, 0.15) is 0 Å². The van der Waals surface area contributed by atoms with Crippen molar-refractivity contribution in [2.45, 2.75) is 8.42 Å². The molecule has 4 heterocycles. The van der Waals surface area contributed by atoms with Crippen molar-refractivity contribution in [1.29, 1.82) is 0 Å². The number of sulfonamides is 2. The van der Waals surface area contributed by atoms with E-state index in [-0.39, 0.29) is 41.2 Å². The largest absolute Gasteiger partial charge is 0.478 e. The fraction of sp³-hybridized carbons (Fsp3) is 0.0833. The van der Waals surface area contributed by atoms with E-state index in [9.17, 15) is 16.8 Å². The third-order valence-corrected chi connectivity index (χ3v) is 12.2. The van der Waals surface area contributed by atoms with E-state index < -0.39 is 20.0 Å². The lowest BCUT2D eigenvalue weighted by Crippen LogP contribution is -2.14. The summed E-state index contributed by atoms with van der Waals surface area (Å²) in [6.45, 7) is 0. The Balaban J connectivity index is 0.000000204. The molecule has 0 radical (unpaired) electrons. The first-order valence-electron chi connectivity index (χ1n) is 11.6. The SMILES string of the molecule is COc1nc(-c2ccccc2)cnc1NS(=O)(=O)c1ccc(Cl)s1.COc1nc(Br)cnc1NS(=O)(=O)c1cc(Cl)c(Cl)s1. The number of hydrogen-bond acceptors (Lipinski definition) is 12. The van der Waals surface area contributed by atoms with Gasteiger partial charge >= 0.3 is 0 Å². The Morgan fingerprint density at radius 3 is 1.91 bits per heavy atom. The number of thiophene rings is 2. The molecule has 0 aliphatic rings. The number of rotatable bonds is 9. The van der Waals surface area contributed by atoms with Crippen molar-refractivity contribution in [3.05, 3.63) is 79.2 Å². The summed E-state index contributed by atoms with van der Waals surface area (Å²) < 4.78 is 64.9. The lowest BCUT2D eigenvalue weighted by atomic mass is 10.2. The van der Waals surface area contributed by atoms with Crippen LogP contribution in [0.5, 0.6) is 11.8 Å². The highest BCUT2D eigenvalue weighted by Gasteiger charge is 2.23. The molecule has 1 aromatic carbocycles. The van der Waals surface area contributed by atoms with Crippen LogP contribution >= 0.6 is 73.4 Å². The number of nitrogens with zero attached hydrogens (tertiary/aromatic N) is 4. The number of hydrogen-bond donors (Lipinski definition) is 2. The van der Waals surface area contributed by atoms with Gasteiger partial charge in [-0.25, -0.2) is 36.8 Å². The van der Waals surface area contributed by atoms with Gasteiger partial charge < -0.3 is 9.47 Å². The molecule has 232 valence electrons. The van der Waals surface area contributed by atoms with E-state index >= 15 is 0 Å². The molecular weight excluding hydrogens is 783 g/mol. The van der Waals surface area contributed by atoms with Crippen LogP contribution in [0, 0.1) is 0 Å². The van der Waals surface area contributed by atoms with Crippen molar-refractivity contribution >= 4 is 105 Å². The van der Waals surface area contributed by atoms with Gasteiger partial charge in [-0.3, -0.25) is 9.44 Å². The molecule has 44 heavy (non-hydrogen) atoms. The molecule has 4 aromatic heterocycles. The van der Waals surface area contributed by atoms with Crippen LogP contribution in [-0.2, 0) is 20.0 Å². The second-order valence-corrected chi connectivity index (χ2v) is 16.4. The van der Waals surface area contributed by atoms with Gasteiger partial charge in [-0.15, -0.1) is 22.7 Å². The van der Waals surface area contributed by atoms with Gasteiger partial charge in [0.15, 0.2) is 0 Å². The number of anilines is 2. The number of ether oxygens (including phenoxy) is 2. The van der Waals surface area contributed by atoms with Gasteiger partial charge in [0.2, 0.25) is 11.6 Å². The van der Waals surface area contributed by atoms with E-state index in [2.05, 4.69) is 45.3 Å². The molecule has 0 fully saturated rings. The number of halogens is 4. The smallest absolute Gasteiger partial charge is 0.272 e. The van der Waals surface area contributed by atoms with Crippen LogP contribution < -0.4 is 18.9 Å². The van der Waals surface area contributed by atoms with Gasteiger partial charge in [-0.05, 0) is 34.1 Å². The summed E-state index contributed by atoms with van der Waals surface area (Å²) in [6.07, 6.45) is 2.83. The summed E-state index contributed by atoms with van der Waals surface area (Å²) in [5, 5.41) is 0.172. The molecule has 0 amide bonds. The lowest BCUT2D eigenvalue weighted by molar-refractivity contribution is 0.397. The summed E-state index contributed by atoms with van der Waals surface area (Å²) in [5.41, 5.74) is 1.43. The van der Waals surface area contributed by atoms with Crippen molar-refractivity contribution in [2.75, 3.05) is 23.7 Å². The molecule has 20 heteroatoms. The average Bonchev–Trinajstić information content (AvgIpc) is 3.60. The second kappa shape index (κ2) is 14.6. The molecule has 0 saturated carbocycles. The number of aromatic nitrogens is 4. The van der Waals surface area contributed by atoms with Crippen LogP contribution in [0.2, 0.25) is 13.7 Å². The van der Waals surface area contributed by atoms with Crippen molar-refractivity contribution < 1.29 is 26.3 Å². The van der Waals surface area contributed by atoms with Crippen LogP contribution in [0.25, 0.3) is 11.3 Å². The third-order valence-electron chi connectivity index (χ3n) is 5.07. The Labute approximate surface area is 283 Å². The maximum atomic E-state index is 12.4. The summed E-state index contributed by atoms with van der Waals surface area (Å²) in [7, 11) is -4.90. The van der Waals surface area contributed by atoms with Gasteiger partial charge in [-0.1, -0.05) is 65.1 Å². The predicted octanol–water partition coefficient (Wildman–Crippen LogP) is 7.08. The zero-order valence-corrected chi connectivity index (χ0v) is 29.3. The van der Waals surface area contributed by atoms with Gasteiger partial charge in [0.1, 0.15) is 17.4 Å². The van der Waals surface area contributed by atoms with Crippen molar-refractivity contribution in [3.8, 4) is 23.0 Å². The van der Waals surface area contributed by atoms with Gasteiger partial charge in [0.05, 0.1) is 41.7 Å². The first kappa shape index (κ1) is 34.1. The van der Waals surface area contributed by atoms with E-state index in [0.717, 1.165) is 28.2 Å². The minimum Gasteiger partial charge on any atom is -0.478 e. The monoisotopic (exact) mass is 798 g/mol. The Bertz CT molecular complexity index is 1980. The molecule has 2 N–H and O–H groups in total. The van der Waals surface area contributed by atoms with Crippen molar-refractivity contribution in [2.24, 2.45) is 0 Å². The lowest BCUT2D eigenvalue weighted by Gasteiger charge is -2.10. The van der Waals surface area contributed by atoms with Gasteiger partial charge in [-0.2, -0.15) is 0 Å². The topological polar surface area (TPSA) is 162 Å². The molecule has 0 atom stereocenters. The second-order valence-electron chi connectivity index (χ2n) is 7.99. The molecule has 0 aliphatic heterocycles. The van der Waals surface area contributed by atoms with Crippen molar-refractivity contribution in [1.82, 2.24) is 19.9 Å². The summed E-state index contributed by atoms with van der Waals surface area (Å²) in [6, 6.07) is 13.6. The van der Waals surface area contributed by atoms with E-state index in [0.29, 0.717) is 14.6 Å². The number of benzene rings is 1. The van der Waals surface area contributed by atoms with E-state index in [1.54, 1.807) is 0 Å². The van der Waals surface area contributed by atoms with Crippen molar-refractivity contribution in [3.63, 3.8) is 0 Å². The molecule has 0 aliphatic carbocycles. The Morgan fingerprint density at radius 1 is 0.773 bits per heavy atom. The Hall–Kier alpha value is -2.77. The molecular formula is C24H18BrCl3N6O6S4. The maximum absolute atomic E-state index is 12.4. The molecule has 5 aromatic rings. The van der Waals surface area contributed by atoms with E-state index in [1.807, 2.05) is 30.3 Å². The predicted molar refractivity (Wildman–Crippen MR) is 176 cm³/mol. The minimum absolute atomic E-state index is 0.0155. The normalized spacial score (nSPS) is 11.3. The summed E-state index contributed by atoms with van der Waals surface area (Å²) in [5.74, 6) is 0.109. The van der Waals surface area contributed by atoms with Crippen LogP contribution in [0.4, 0.5) is 11.6 Å².